The third kappa shape index (κ3) is 3.10. The Bertz CT molecular complexity index is 383. The largest absolute Gasteiger partial charge is 0.338 e. The van der Waals surface area contributed by atoms with Crippen LogP contribution in [0.5, 0.6) is 0 Å². The summed E-state index contributed by atoms with van der Waals surface area (Å²) in [6.07, 6.45) is 4.91. The number of carbonyl (C=O) groups is 1. The van der Waals surface area contributed by atoms with E-state index in [0.29, 0.717) is 0 Å². The lowest BCUT2D eigenvalue weighted by molar-refractivity contribution is 0.0690. The second kappa shape index (κ2) is 6.01. The maximum Gasteiger partial charge on any atom is 0.265 e. The van der Waals surface area contributed by atoms with Crippen molar-refractivity contribution >= 4 is 33.2 Å². The molecule has 1 aliphatic heterocycles. The summed E-state index contributed by atoms with van der Waals surface area (Å²) in [6.45, 7) is 4.09. The van der Waals surface area contributed by atoms with Gasteiger partial charge in [-0.15, -0.1) is 11.3 Å². The standard InChI is InChI=1S/C13H18BrNOS/c1-2-3-10-4-7-15(8-5-10)13(16)12-11(14)6-9-17-12/h6,9-10H,2-5,7-8H2,1H3. The van der Waals surface area contributed by atoms with Crippen LogP contribution in [0.4, 0.5) is 0 Å². The SMILES string of the molecule is CCCC1CCN(C(=O)c2sccc2Br)CC1. The predicted octanol–water partition coefficient (Wildman–Crippen LogP) is 4.16. The van der Waals surface area contributed by atoms with Crippen molar-refractivity contribution in [2.24, 2.45) is 5.92 Å². The first kappa shape index (κ1) is 13.1. The number of hydrogen-bond acceptors (Lipinski definition) is 2. The highest BCUT2D eigenvalue weighted by atomic mass is 79.9. The van der Waals surface area contributed by atoms with Gasteiger partial charge in [0, 0.05) is 17.6 Å². The van der Waals surface area contributed by atoms with Gasteiger partial charge in [0.15, 0.2) is 0 Å². The van der Waals surface area contributed by atoms with Gasteiger partial charge < -0.3 is 4.90 Å². The molecule has 0 aromatic carbocycles. The van der Waals surface area contributed by atoms with Crippen molar-refractivity contribution in [1.82, 2.24) is 4.90 Å². The zero-order valence-electron chi connectivity index (χ0n) is 10.1. The van der Waals surface area contributed by atoms with E-state index in [0.717, 1.165) is 28.4 Å². The molecule has 1 amide bonds. The average molecular weight is 316 g/mol. The molecular weight excluding hydrogens is 298 g/mol. The molecule has 1 aliphatic rings. The molecule has 1 fully saturated rings. The molecule has 0 N–H and O–H groups in total. The van der Waals surface area contributed by atoms with Gasteiger partial charge in [-0.25, -0.2) is 0 Å². The normalized spacial score (nSPS) is 17.4. The van der Waals surface area contributed by atoms with E-state index < -0.39 is 0 Å². The van der Waals surface area contributed by atoms with Gasteiger partial charge in [0.25, 0.3) is 5.91 Å². The number of halogens is 1. The van der Waals surface area contributed by atoms with Crippen molar-refractivity contribution in [1.29, 1.82) is 0 Å². The highest BCUT2D eigenvalue weighted by Crippen LogP contribution is 2.27. The van der Waals surface area contributed by atoms with Crippen molar-refractivity contribution < 1.29 is 4.79 Å². The topological polar surface area (TPSA) is 20.3 Å². The molecule has 2 nitrogen and oxygen atoms in total. The van der Waals surface area contributed by atoms with Gasteiger partial charge in [-0.05, 0) is 46.1 Å². The molecule has 1 aromatic rings. The van der Waals surface area contributed by atoms with E-state index in [-0.39, 0.29) is 5.91 Å². The zero-order chi connectivity index (χ0) is 12.3. The van der Waals surface area contributed by atoms with E-state index in [1.807, 2.05) is 16.3 Å². The van der Waals surface area contributed by atoms with Crippen LogP contribution in [0.2, 0.25) is 0 Å². The summed E-state index contributed by atoms with van der Waals surface area (Å²) in [7, 11) is 0. The lowest BCUT2D eigenvalue weighted by atomic mass is 9.92. The molecule has 0 atom stereocenters. The Hall–Kier alpha value is -0.350. The summed E-state index contributed by atoms with van der Waals surface area (Å²) in [5.41, 5.74) is 0. The molecule has 4 heteroatoms. The first-order chi connectivity index (χ1) is 8.22. The molecule has 2 heterocycles. The predicted molar refractivity (Wildman–Crippen MR) is 75.6 cm³/mol. The van der Waals surface area contributed by atoms with Crippen LogP contribution in [-0.2, 0) is 0 Å². The van der Waals surface area contributed by atoms with Gasteiger partial charge in [0.05, 0.1) is 0 Å². The number of hydrogen-bond donors (Lipinski definition) is 0. The number of nitrogens with zero attached hydrogens (tertiary/aromatic N) is 1. The van der Waals surface area contributed by atoms with Crippen LogP contribution < -0.4 is 0 Å². The molecule has 1 aromatic heterocycles. The number of likely N-dealkylation sites (tertiary alicyclic amines) is 1. The summed E-state index contributed by atoms with van der Waals surface area (Å²) >= 11 is 4.96. The smallest absolute Gasteiger partial charge is 0.265 e. The second-order valence-corrected chi connectivity index (χ2v) is 6.39. The van der Waals surface area contributed by atoms with Gasteiger partial charge in [-0.1, -0.05) is 19.8 Å². The van der Waals surface area contributed by atoms with E-state index in [4.69, 9.17) is 0 Å². The number of carbonyl (C=O) groups excluding carboxylic acids is 1. The zero-order valence-corrected chi connectivity index (χ0v) is 12.5. The van der Waals surface area contributed by atoms with Crippen molar-refractivity contribution in [3.63, 3.8) is 0 Å². The Kier molecular flexibility index (Phi) is 4.62. The summed E-state index contributed by atoms with van der Waals surface area (Å²) < 4.78 is 0.934. The highest BCUT2D eigenvalue weighted by molar-refractivity contribution is 9.10. The fraction of sp³-hybridized carbons (Fsp3) is 0.615. The molecule has 0 radical (unpaired) electrons. The third-order valence-corrected chi connectivity index (χ3v) is 5.24. The fourth-order valence-corrected chi connectivity index (χ4v) is 3.93. The Balaban J connectivity index is 1.93. The number of amides is 1. The second-order valence-electron chi connectivity index (χ2n) is 4.62. The van der Waals surface area contributed by atoms with Crippen LogP contribution in [-0.4, -0.2) is 23.9 Å². The highest BCUT2D eigenvalue weighted by Gasteiger charge is 2.24. The van der Waals surface area contributed by atoms with E-state index in [2.05, 4.69) is 22.9 Å². The number of rotatable bonds is 3. The van der Waals surface area contributed by atoms with Crippen LogP contribution in [0, 0.1) is 5.92 Å². The molecule has 0 unspecified atom stereocenters. The van der Waals surface area contributed by atoms with Gasteiger partial charge in [0.2, 0.25) is 0 Å². The summed E-state index contributed by atoms with van der Waals surface area (Å²) in [5, 5.41) is 1.96. The van der Waals surface area contributed by atoms with E-state index in [1.54, 1.807) is 0 Å². The molecule has 2 rings (SSSR count). The van der Waals surface area contributed by atoms with Crippen LogP contribution >= 0.6 is 27.3 Å². The van der Waals surface area contributed by atoms with Gasteiger partial charge >= 0.3 is 0 Å². The minimum atomic E-state index is 0.196. The molecule has 0 saturated carbocycles. The molecule has 1 saturated heterocycles. The number of thiophene rings is 1. The maximum absolute atomic E-state index is 12.3. The molecule has 0 aliphatic carbocycles. The van der Waals surface area contributed by atoms with Gasteiger partial charge in [0.1, 0.15) is 4.88 Å². The van der Waals surface area contributed by atoms with E-state index >= 15 is 0 Å². The third-order valence-electron chi connectivity index (χ3n) is 3.41. The summed E-state index contributed by atoms with van der Waals surface area (Å²) in [6, 6.07) is 1.95. The first-order valence-corrected chi connectivity index (χ1v) is 7.92. The minimum absolute atomic E-state index is 0.196. The summed E-state index contributed by atoms with van der Waals surface area (Å²) in [5.74, 6) is 1.03. The van der Waals surface area contributed by atoms with E-state index in [1.165, 1.54) is 37.0 Å². The van der Waals surface area contributed by atoms with Gasteiger partial charge in [-0.2, -0.15) is 0 Å². The van der Waals surface area contributed by atoms with Crippen molar-refractivity contribution in [2.75, 3.05) is 13.1 Å². The molecule has 0 bridgehead atoms. The van der Waals surface area contributed by atoms with Crippen LogP contribution in [0.1, 0.15) is 42.3 Å². The maximum atomic E-state index is 12.3. The lowest BCUT2D eigenvalue weighted by Crippen LogP contribution is -2.38. The Morgan fingerprint density at radius 3 is 2.76 bits per heavy atom. The molecular formula is C13H18BrNOS. The van der Waals surface area contributed by atoms with Crippen molar-refractivity contribution in [3.8, 4) is 0 Å². The van der Waals surface area contributed by atoms with E-state index in [9.17, 15) is 4.79 Å². The van der Waals surface area contributed by atoms with Crippen molar-refractivity contribution in [2.45, 2.75) is 32.6 Å². The molecule has 0 spiro atoms. The number of piperidine rings is 1. The monoisotopic (exact) mass is 315 g/mol. The average Bonchev–Trinajstić information content (AvgIpc) is 2.76. The first-order valence-electron chi connectivity index (χ1n) is 6.24. The van der Waals surface area contributed by atoms with Gasteiger partial charge in [-0.3, -0.25) is 4.79 Å². The van der Waals surface area contributed by atoms with Crippen LogP contribution in [0.15, 0.2) is 15.9 Å². The summed E-state index contributed by atoms with van der Waals surface area (Å²) in [4.78, 5) is 15.1. The van der Waals surface area contributed by atoms with Crippen LogP contribution in [0.3, 0.4) is 0 Å². The quantitative estimate of drug-likeness (QED) is 0.820. The Morgan fingerprint density at radius 2 is 2.24 bits per heavy atom. The lowest BCUT2D eigenvalue weighted by Gasteiger charge is -2.31. The van der Waals surface area contributed by atoms with Crippen molar-refractivity contribution in [3.05, 3.63) is 20.8 Å². The Labute approximate surface area is 115 Å². The molecule has 94 valence electrons. The van der Waals surface area contributed by atoms with Crippen LogP contribution in [0.25, 0.3) is 0 Å². The minimum Gasteiger partial charge on any atom is -0.338 e. The Morgan fingerprint density at radius 1 is 1.53 bits per heavy atom. The fourth-order valence-electron chi connectivity index (χ4n) is 2.42. The molecule has 17 heavy (non-hydrogen) atoms.